The van der Waals surface area contributed by atoms with E-state index in [2.05, 4.69) is 5.32 Å². The number of carbonyl (C=O) groups excluding carboxylic acids is 3. The molecule has 1 aromatic carbocycles. The van der Waals surface area contributed by atoms with E-state index < -0.39 is 17.5 Å². The number of amides is 3. The summed E-state index contributed by atoms with van der Waals surface area (Å²) in [7, 11) is 0. The van der Waals surface area contributed by atoms with E-state index in [1.165, 1.54) is 0 Å². The topological polar surface area (TPSA) is 84.9 Å². The van der Waals surface area contributed by atoms with E-state index in [0.29, 0.717) is 18.8 Å². The smallest absolute Gasteiger partial charge is 0.326 e. The number of benzene rings is 1. The Bertz CT molecular complexity index is 735. The molecule has 2 unspecified atom stereocenters. The lowest BCUT2D eigenvalue weighted by molar-refractivity contribution is -0.149. The molecule has 3 rings (SSSR count). The summed E-state index contributed by atoms with van der Waals surface area (Å²) in [5.74, 6) is -0.226. The minimum Gasteiger partial charge on any atom is -0.493 e. The molecule has 1 spiro atoms. The molecular formula is C20H26N2O5. The van der Waals surface area contributed by atoms with Gasteiger partial charge in [0.15, 0.2) is 0 Å². The van der Waals surface area contributed by atoms with E-state index in [9.17, 15) is 14.4 Å². The van der Waals surface area contributed by atoms with Gasteiger partial charge in [-0.25, -0.2) is 4.79 Å². The lowest BCUT2D eigenvalue weighted by Crippen LogP contribution is -2.54. The second kappa shape index (κ2) is 7.98. The molecule has 2 aliphatic rings. The van der Waals surface area contributed by atoms with Crippen LogP contribution in [0.15, 0.2) is 24.3 Å². The third-order valence-corrected chi connectivity index (χ3v) is 5.45. The maximum absolute atomic E-state index is 12.9. The fourth-order valence-electron chi connectivity index (χ4n) is 3.89. The van der Waals surface area contributed by atoms with E-state index in [4.69, 9.17) is 9.47 Å². The average Bonchev–Trinajstić information content (AvgIpc) is 2.89. The molecule has 0 aromatic heterocycles. The van der Waals surface area contributed by atoms with Crippen molar-refractivity contribution >= 4 is 17.9 Å². The van der Waals surface area contributed by atoms with Crippen LogP contribution in [0, 0.1) is 5.92 Å². The van der Waals surface area contributed by atoms with Gasteiger partial charge in [-0.1, -0.05) is 38.0 Å². The van der Waals surface area contributed by atoms with Crippen LogP contribution < -0.4 is 10.1 Å². The Kier molecular flexibility index (Phi) is 5.68. The maximum atomic E-state index is 12.9. The highest BCUT2D eigenvalue weighted by Crippen LogP contribution is 2.38. The van der Waals surface area contributed by atoms with Crippen molar-refractivity contribution in [3.63, 3.8) is 0 Å². The Labute approximate surface area is 159 Å². The van der Waals surface area contributed by atoms with Gasteiger partial charge in [-0.15, -0.1) is 0 Å². The summed E-state index contributed by atoms with van der Waals surface area (Å²) < 4.78 is 10.8. The van der Waals surface area contributed by atoms with Gasteiger partial charge in [-0.2, -0.15) is 0 Å². The molecule has 7 heteroatoms. The minimum atomic E-state index is -0.864. The van der Waals surface area contributed by atoms with Crippen molar-refractivity contribution in [2.45, 2.75) is 51.7 Å². The summed E-state index contributed by atoms with van der Waals surface area (Å²) in [6, 6.07) is 6.77. The quantitative estimate of drug-likeness (QED) is 0.611. The van der Waals surface area contributed by atoms with E-state index in [-0.39, 0.29) is 25.0 Å². The number of carbonyl (C=O) groups is 3. The van der Waals surface area contributed by atoms with Gasteiger partial charge in [0.1, 0.15) is 24.4 Å². The number of esters is 1. The molecule has 1 heterocycles. The van der Waals surface area contributed by atoms with Gasteiger partial charge in [0.05, 0.1) is 6.61 Å². The number of imide groups is 1. The molecule has 0 radical (unpaired) electrons. The summed E-state index contributed by atoms with van der Waals surface area (Å²) in [6.45, 7) is 4.01. The highest BCUT2D eigenvalue weighted by atomic mass is 16.5. The Morgan fingerprint density at radius 2 is 2.07 bits per heavy atom. The zero-order valence-electron chi connectivity index (χ0n) is 15.8. The zero-order chi connectivity index (χ0) is 19.4. The molecule has 1 saturated carbocycles. The highest BCUT2D eigenvalue weighted by Gasteiger charge is 2.55. The molecule has 2 atom stereocenters. The molecule has 7 nitrogen and oxygen atoms in total. The van der Waals surface area contributed by atoms with Gasteiger partial charge in [0.2, 0.25) is 0 Å². The molecule has 2 fully saturated rings. The van der Waals surface area contributed by atoms with Crippen LogP contribution in [0.2, 0.25) is 0 Å². The molecular weight excluding hydrogens is 348 g/mol. The minimum absolute atomic E-state index is 0.0280. The summed E-state index contributed by atoms with van der Waals surface area (Å²) in [6.07, 6.45) is 3.45. The van der Waals surface area contributed by atoms with Crippen LogP contribution in [0.25, 0.3) is 0 Å². The van der Waals surface area contributed by atoms with Crippen molar-refractivity contribution in [3.8, 4) is 5.75 Å². The number of para-hydroxylation sites is 1. The van der Waals surface area contributed by atoms with Crippen molar-refractivity contribution in [3.05, 3.63) is 29.8 Å². The van der Waals surface area contributed by atoms with E-state index in [1.807, 2.05) is 32.0 Å². The molecule has 1 saturated heterocycles. The third kappa shape index (κ3) is 3.77. The molecule has 27 heavy (non-hydrogen) atoms. The predicted molar refractivity (Wildman–Crippen MR) is 98.0 cm³/mol. The monoisotopic (exact) mass is 374 g/mol. The first-order valence-corrected chi connectivity index (χ1v) is 9.48. The summed E-state index contributed by atoms with van der Waals surface area (Å²) in [5.41, 5.74) is -0.126. The van der Waals surface area contributed by atoms with Gasteiger partial charge in [-0.3, -0.25) is 14.5 Å². The molecule has 1 aliphatic heterocycles. The van der Waals surface area contributed by atoms with Crippen LogP contribution in [0.3, 0.4) is 0 Å². The van der Waals surface area contributed by atoms with Crippen LogP contribution >= 0.6 is 0 Å². The van der Waals surface area contributed by atoms with E-state index in [0.717, 1.165) is 29.7 Å². The molecule has 1 aliphatic carbocycles. The standard InChI is InChI=1S/C20H26N2O5/c1-3-26-16-10-5-4-9-15(16)13-27-17(23)12-22-18(24)20(21-19(22)25)11-7-6-8-14(20)2/h4-5,9-10,14H,3,6-8,11-13H2,1-2H3,(H,21,25). The average molecular weight is 374 g/mol. The fourth-order valence-corrected chi connectivity index (χ4v) is 3.89. The van der Waals surface area contributed by atoms with Gasteiger partial charge in [0.25, 0.3) is 5.91 Å². The van der Waals surface area contributed by atoms with Gasteiger partial charge >= 0.3 is 12.0 Å². The van der Waals surface area contributed by atoms with Gasteiger partial charge in [-0.05, 0) is 31.7 Å². The number of urea groups is 1. The van der Waals surface area contributed by atoms with Crippen molar-refractivity contribution in [1.82, 2.24) is 10.2 Å². The van der Waals surface area contributed by atoms with Gasteiger partial charge in [0, 0.05) is 5.56 Å². The number of hydrogen-bond donors (Lipinski definition) is 1. The van der Waals surface area contributed by atoms with E-state index >= 15 is 0 Å². The largest absolute Gasteiger partial charge is 0.493 e. The molecule has 3 amide bonds. The number of nitrogens with zero attached hydrogens (tertiary/aromatic N) is 1. The Morgan fingerprint density at radius 1 is 1.30 bits per heavy atom. The Balaban J connectivity index is 1.61. The third-order valence-electron chi connectivity index (χ3n) is 5.45. The van der Waals surface area contributed by atoms with Crippen LogP contribution in [0.1, 0.15) is 45.1 Å². The zero-order valence-corrected chi connectivity index (χ0v) is 15.8. The number of rotatable bonds is 6. The predicted octanol–water partition coefficient (Wildman–Crippen LogP) is 2.63. The fraction of sp³-hybridized carbons (Fsp3) is 0.550. The second-order valence-electron chi connectivity index (χ2n) is 7.14. The Morgan fingerprint density at radius 3 is 2.81 bits per heavy atom. The lowest BCUT2D eigenvalue weighted by atomic mass is 9.73. The van der Waals surface area contributed by atoms with Crippen molar-refractivity contribution in [1.29, 1.82) is 0 Å². The highest BCUT2D eigenvalue weighted by molar-refractivity contribution is 6.08. The first kappa shape index (κ1) is 19.2. The number of nitrogens with one attached hydrogen (secondary N) is 1. The number of hydrogen-bond acceptors (Lipinski definition) is 5. The molecule has 146 valence electrons. The van der Waals surface area contributed by atoms with Gasteiger partial charge < -0.3 is 14.8 Å². The van der Waals surface area contributed by atoms with Crippen LogP contribution in [0.5, 0.6) is 5.75 Å². The van der Waals surface area contributed by atoms with Crippen LogP contribution in [0.4, 0.5) is 4.79 Å². The van der Waals surface area contributed by atoms with Crippen molar-refractivity contribution < 1.29 is 23.9 Å². The Hall–Kier alpha value is -2.57. The summed E-state index contributed by atoms with van der Waals surface area (Å²) in [5, 5.41) is 2.83. The lowest BCUT2D eigenvalue weighted by Gasteiger charge is -2.36. The van der Waals surface area contributed by atoms with E-state index in [1.54, 1.807) is 6.07 Å². The normalized spacial score (nSPS) is 24.8. The second-order valence-corrected chi connectivity index (χ2v) is 7.14. The van der Waals surface area contributed by atoms with Crippen molar-refractivity contribution in [2.24, 2.45) is 5.92 Å². The molecule has 1 N–H and O–H groups in total. The van der Waals surface area contributed by atoms with Crippen LogP contribution in [-0.4, -0.2) is 41.5 Å². The van der Waals surface area contributed by atoms with Crippen LogP contribution in [-0.2, 0) is 20.9 Å². The summed E-state index contributed by atoms with van der Waals surface area (Å²) in [4.78, 5) is 38.4. The number of ether oxygens (including phenoxy) is 2. The molecule has 0 bridgehead atoms. The SMILES string of the molecule is CCOc1ccccc1COC(=O)CN1C(=O)NC2(CCCCC2C)C1=O. The summed E-state index contributed by atoms with van der Waals surface area (Å²) >= 11 is 0. The first-order chi connectivity index (χ1) is 13.0. The first-order valence-electron chi connectivity index (χ1n) is 9.48. The van der Waals surface area contributed by atoms with Crippen molar-refractivity contribution in [2.75, 3.05) is 13.2 Å². The molecule has 1 aromatic rings. The maximum Gasteiger partial charge on any atom is 0.326 e.